The van der Waals surface area contributed by atoms with Gasteiger partial charge in [0, 0.05) is 19.2 Å². The summed E-state index contributed by atoms with van der Waals surface area (Å²) in [6, 6.07) is 10.6. The first-order chi connectivity index (χ1) is 14.2. The molecule has 0 unspecified atom stereocenters. The van der Waals surface area contributed by atoms with Gasteiger partial charge in [0.2, 0.25) is 21.8 Å². The molecule has 0 aromatic heterocycles. The van der Waals surface area contributed by atoms with Crippen LogP contribution in [0.25, 0.3) is 0 Å². The Balaban J connectivity index is 1.78. The fourth-order valence-electron chi connectivity index (χ4n) is 2.46. The molecule has 2 rings (SSSR count). The van der Waals surface area contributed by atoms with E-state index in [2.05, 4.69) is 15.4 Å². The van der Waals surface area contributed by atoms with E-state index in [0.717, 1.165) is 0 Å². The molecule has 0 aliphatic heterocycles. The number of amides is 2. The molecule has 2 aromatic carbocycles. The minimum atomic E-state index is -3.92. The van der Waals surface area contributed by atoms with E-state index < -0.39 is 27.8 Å². The van der Waals surface area contributed by atoms with Gasteiger partial charge in [-0.15, -0.1) is 0 Å². The molecule has 0 aliphatic carbocycles. The lowest BCUT2D eigenvalue weighted by atomic mass is 10.3. The zero-order chi connectivity index (χ0) is 22.1. The Labute approximate surface area is 174 Å². The van der Waals surface area contributed by atoms with Gasteiger partial charge in [-0.2, -0.15) is 4.72 Å². The van der Waals surface area contributed by atoms with E-state index in [-0.39, 0.29) is 29.7 Å². The molecule has 2 amide bonds. The van der Waals surface area contributed by atoms with Crippen molar-refractivity contribution < 1.29 is 27.1 Å². The molecule has 0 saturated carbocycles. The van der Waals surface area contributed by atoms with Crippen molar-refractivity contribution in [3.63, 3.8) is 0 Å². The lowest BCUT2D eigenvalue weighted by Gasteiger charge is -2.15. The van der Waals surface area contributed by atoms with Crippen LogP contribution in [0.4, 0.5) is 10.1 Å². The van der Waals surface area contributed by atoms with Gasteiger partial charge in [0.25, 0.3) is 0 Å². The summed E-state index contributed by atoms with van der Waals surface area (Å²) in [7, 11) is -3.92. The summed E-state index contributed by atoms with van der Waals surface area (Å²) in [5, 5.41) is 5.14. The smallest absolute Gasteiger partial charge is 0.241 e. The molecule has 0 radical (unpaired) electrons. The number of benzene rings is 2. The van der Waals surface area contributed by atoms with Gasteiger partial charge in [-0.1, -0.05) is 12.1 Å². The van der Waals surface area contributed by atoms with Crippen LogP contribution >= 0.6 is 0 Å². The Morgan fingerprint density at radius 1 is 1.10 bits per heavy atom. The Bertz CT molecular complexity index is 980. The van der Waals surface area contributed by atoms with Gasteiger partial charge in [0.15, 0.2) is 11.6 Å². The van der Waals surface area contributed by atoms with Crippen molar-refractivity contribution in [2.45, 2.75) is 31.2 Å². The average molecular weight is 437 g/mol. The number of sulfonamides is 1. The number of carbonyl (C=O) groups is 2. The minimum Gasteiger partial charge on any atom is -0.490 e. The molecule has 0 spiro atoms. The predicted octanol–water partition coefficient (Wildman–Crippen LogP) is 2.04. The Morgan fingerprint density at radius 2 is 1.77 bits per heavy atom. The van der Waals surface area contributed by atoms with Crippen LogP contribution in [0.1, 0.15) is 20.3 Å². The van der Waals surface area contributed by atoms with E-state index in [1.54, 1.807) is 12.1 Å². The van der Waals surface area contributed by atoms with Crippen molar-refractivity contribution in [1.82, 2.24) is 10.0 Å². The fourth-order valence-corrected chi connectivity index (χ4v) is 3.66. The number of hydrogen-bond acceptors (Lipinski definition) is 5. The molecule has 30 heavy (non-hydrogen) atoms. The Morgan fingerprint density at radius 3 is 2.40 bits per heavy atom. The summed E-state index contributed by atoms with van der Waals surface area (Å²) >= 11 is 0. The molecular formula is C20H24FN3O5S. The van der Waals surface area contributed by atoms with E-state index in [1.807, 2.05) is 0 Å². The summed E-state index contributed by atoms with van der Waals surface area (Å²) in [4.78, 5) is 23.1. The van der Waals surface area contributed by atoms with Crippen molar-refractivity contribution in [3.8, 4) is 5.75 Å². The highest BCUT2D eigenvalue weighted by atomic mass is 32.2. The summed E-state index contributed by atoms with van der Waals surface area (Å²) in [6.45, 7) is 3.21. The van der Waals surface area contributed by atoms with Crippen molar-refractivity contribution in [2.24, 2.45) is 0 Å². The topological polar surface area (TPSA) is 114 Å². The van der Waals surface area contributed by atoms with Crippen LogP contribution in [0.5, 0.6) is 5.75 Å². The number of para-hydroxylation sites is 1. The predicted molar refractivity (Wildman–Crippen MR) is 110 cm³/mol. The van der Waals surface area contributed by atoms with Gasteiger partial charge in [-0.25, -0.2) is 12.8 Å². The van der Waals surface area contributed by atoms with Crippen LogP contribution < -0.4 is 20.1 Å². The summed E-state index contributed by atoms with van der Waals surface area (Å²) in [6.07, 6.45) is 0.421. The molecule has 10 heteroatoms. The highest BCUT2D eigenvalue weighted by Crippen LogP contribution is 2.16. The lowest BCUT2D eigenvalue weighted by molar-refractivity contribution is -0.122. The standard InChI is InChI=1S/C20H24FN3O5S/c1-14(20(26)22-12-5-13-29-19-7-4-3-6-18(19)21)24-30(27,28)17-10-8-16(9-11-17)23-15(2)25/h3-4,6-11,14,24H,5,12-13H2,1-2H3,(H,22,26)(H,23,25)/t14-/m0/s1. The van der Waals surface area contributed by atoms with Crippen LogP contribution in [0.2, 0.25) is 0 Å². The van der Waals surface area contributed by atoms with Crippen molar-refractivity contribution in [2.75, 3.05) is 18.5 Å². The van der Waals surface area contributed by atoms with Crippen LogP contribution in [-0.2, 0) is 19.6 Å². The van der Waals surface area contributed by atoms with Gasteiger partial charge >= 0.3 is 0 Å². The maximum Gasteiger partial charge on any atom is 0.241 e. The van der Waals surface area contributed by atoms with E-state index in [0.29, 0.717) is 12.1 Å². The van der Waals surface area contributed by atoms with Crippen LogP contribution in [0.3, 0.4) is 0 Å². The molecule has 8 nitrogen and oxygen atoms in total. The molecule has 0 saturated heterocycles. The summed E-state index contributed by atoms with van der Waals surface area (Å²) < 4.78 is 45.8. The van der Waals surface area contributed by atoms with Gasteiger partial charge in [-0.3, -0.25) is 9.59 Å². The number of anilines is 1. The third-order valence-electron chi connectivity index (χ3n) is 3.92. The highest BCUT2D eigenvalue weighted by Gasteiger charge is 2.21. The molecule has 0 heterocycles. The van der Waals surface area contributed by atoms with Crippen LogP contribution in [0.15, 0.2) is 53.4 Å². The maximum atomic E-state index is 13.4. The first kappa shape index (κ1) is 23.3. The second-order valence-electron chi connectivity index (χ2n) is 6.47. The molecule has 2 aromatic rings. The third kappa shape index (κ3) is 7.12. The molecular weight excluding hydrogens is 413 g/mol. The van der Waals surface area contributed by atoms with Gasteiger partial charge in [-0.05, 0) is 49.7 Å². The molecule has 0 aliphatic rings. The van der Waals surface area contributed by atoms with Crippen LogP contribution in [-0.4, -0.2) is 39.4 Å². The lowest BCUT2D eigenvalue weighted by Crippen LogP contribution is -2.45. The van der Waals surface area contributed by atoms with Gasteiger partial charge < -0.3 is 15.4 Å². The van der Waals surface area contributed by atoms with E-state index in [4.69, 9.17) is 4.74 Å². The zero-order valence-corrected chi connectivity index (χ0v) is 17.5. The second kappa shape index (κ2) is 10.7. The largest absolute Gasteiger partial charge is 0.490 e. The molecule has 0 fully saturated rings. The quantitative estimate of drug-likeness (QED) is 0.492. The number of carbonyl (C=O) groups excluding carboxylic acids is 2. The van der Waals surface area contributed by atoms with E-state index in [1.165, 1.54) is 50.2 Å². The van der Waals surface area contributed by atoms with Crippen molar-refractivity contribution in [3.05, 3.63) is 54.3 Å². The molecule has 162 valence electrons. The van der Waals surface area contributed by atoms with E-state index in [9.17, 15) is 22.4 Å². The van der Waals surface area contributed by atoms with Crippen LogP contribution in [0, 0.1) is 5.82 Å². The second-order valence-corrected chi connectivity index (χ2v) is 8.19. The minimum absolute atomic E-state index is 0.0328. The summed E-state index contributed by atoms with van der Waals surface area (Å²) in [5.41, 5.74) is 0.463. The third-order valence-corrected chi connectivity index (χ3v) is 5.48. The van der Waals surface area contributed by atoms with Gasteiger partial charge in [0.05, 0.1) is 17.5 Å². The number of ether oxygens (including phenoxy) is 1. The Hall–Kier alpha value is -2.98. The van der Waals surface area contributed by atoms with E-state index >= 15 is 0 Å². The normalized spacial score (nSPS) is 12.1. The maximum absolute atomic E-state index is 13.4. The fraction of sp³-hybridized carbons (Fsp3) is 0.300. The molecule has 3 N–H and O–H groups in total. The monoisotopic (exact) mass is 437 g/mol. The van der Waals surface area contributed by atoms with Crippen molar-refractivity contribution in [1.29, 1.82) is 0 Å². The number of halogens is 1. The first-order valence-electron chi connectivity index (χ1n) is 9.24. The number of hydrogen-bond donors (Lipinski definition) is 3. The Kier molecular flexibility index (Phi) is 8.31. The summed E-state index contributed by atoms with van der Waals surface area (Å²) in [5.74, 6) is -1.10. The SMILES string of the molecule is CC(=O)Nc1ccc(S(=O)(=O)N[C@@H](C)C(=O)NCCCOc2ccccc2F)cc1. The average Bonchev–Trinajstić information content (AvgIpc) is 2.68. The zero-order valence-electron chi connectivity index (χ0n) is 16.6. The molecule has 1 atom stereocenters. The first-order valence-corrected chi connectivity index (χ1v) is 10.7. The van der Waals surface area contributed by atoms with Gasteiger partial charge in [0.1, 0.15) is 0 Å². The van der Waals surface area contributed by atoms with Crippen molar-refractivity contribution >= 4 is 27.5 Å². The molecule has 0 bridgehead atoms. The highest BCUT2D eigenvalue weighted by molar-refractivity contribution is 7.89. The number of nitrogens with one attached hydrogen (secondary N) is 3. The number of rotatable bonds is 10.